The second kappa shape index (κ2) is 6.99. The Bertz CT molecular complexity index is 190. The van der Waals surface area contributed by atoms with Gasteiger partial charge in [0.1, 0.15) is 0 Å². The van der Waals surface area contributed by atoms with E-state index in [1.807, 2.05) is 0 Å². The Morgan fingerprint density at radius 1 is 1.53 bits per heavy atom. The molecule has 3 heteroatoms. The van der Waals surface area contributed by atoms with Crippen molar-refractivity contribution in [1.29, 1.82) is 0 Å². The summed E-state index contributed by atoms with van der Waals surface area (Å²) in [5.74, 6) is 0. The summed E-state index contributed by atoms with van der Waals surface area (Å²) in [5, 5.41) is 12.3. The first kappa shape index (κ1) is 12.7. The van der Waals surface area contributed by atoms with Gasteiger partial charge in [-0.2, -0.15) is 0 Å². The Morgan fingerprint density at radius 2 is 2.27 bits per heavy atom. The second-order valence-corrected chi connectivity index (χ2v) is 4.35. The fourth-order valence-electron chi connectivity index (χ4n) is 1.74. The first-order chi connectivity index (χ1) is 7.27. The zero-order valence-electron chi connectivity index (χ0n) is 9.84. The van der Waals surface area contributed by atoms with Crippen LogP contribution in [0.4, 0.5) is 0 Å². The number of nitrogens with zero attached hydrogens (tertiary/aromatic N) is 1. The molecule has 1 fully saturated rings. The maximum atomic E-state index is 8.95. The molecule has 0 radical (unpaired) electrons. The first-order valence-electron chi connectivity index (χ1n) is 6.00. The highest BCUT2D eigenvalue weighted by molar-refractivity contribution is 5.02. The molecule has 2 N–H and O–H groups in total. The molecule has 0 aromatic heterocycles. The van der Waals surface area contributed by atoms with Crippen molar-refractivity contribution in [3.8, 4) is 0 Å². The summed E-state index contributed by atoms with van der Waals surface area (Å²) < 4.78 is 0. The Hall–Kier alpha value is -0.380. The Morgan fingerprint density at radius 3 is 2.80 bits per heavy atom. The lowest BCUT2D eigenvalue weighted by molar-refractivity contribution is 0.199. The normalized spacial score (nSPS) is 15.9. The zero-order valence-corrected chi connectivity index (χ0v) is 9.84. The van der Waals surface area contributed by atoms with Gasteiger partial charge in [-0.15, -0.1) is 0 Å². The topological polar surface area (TPSA) is 35.5 Å². The van der Waals surface area contributed by atoms with Crippen LogP contribution in [-0.2, 0) is 0 Å². The molecule has 15 heavy (non-hydrogen) atoms. The molecular weight excluding hydrogens is 188 g/mol. The lowest BCUT2D eigenvalue weighted by atomic mass is 10.2. The van der Waals surface area contributed by atoms with Crippen molar-refractivity contribution in [2.75, 3.05) is 32.8 Å². The molecule has 0 aromatic rings. The van der Waals surface area contributed by atoms with Crippen molar-refractivity contribution in [2.24, 2.45) is 0 Å². The molecule has 1 rings (SSSR count). The van der Waals surface area contributed by atoms with Gasteiger partial charge < -0.3 is 10.4 Å². The highest BCUT2D eigenvalue weighted by atomic mass is 16.3. The first-order valence-corrected chi connectivity index (χ1v) is 6.00. The molecule has 1 aliphatic carbocycles. The third-order valence-electron chi connectivity index (χ3n) is 2.68. The number of aliphatic hydroxyl groups excluding tert-OH is 1. The van der Waals surface area contributed by atoms with Crippen LogP contribution >= 0.6 is 0 Å². The fourth-order valence-corrected chi connectivity index (χ4v) is 1.74. The van der Waals surface area contributed by atoms with Gasteiger partial charge in [0.15, 0.2) is 0 Å². The van der Waals surface area contributed by atoms with Crippen LogP contribution in [0.25, 0.3) is 0 Å². The molecule has 0 spiro atoms. The summed E-state index contributed by atoms with van der Waals surface area (Å²) in [6.45, 7) is 10.2. The van der Waals surface area contributed by atoms with Gasteiger partial charge in [-0.3, -0.25) is 4.90 Å². The van der Waals surface area contributed by atoms with Crippen LogP contribution in [0.15, 0.2) is 12.2 Å². The van der Waals surface area contributed by atoms with Gasteiger partial charge in [-0.05, 0) is 31.4 Å². The molecule has 0 heterocycles. The summed E-state index contributed by atoms with van der Waals surface area (Å²) in [4.78, 5) is 2.34. The van der Waals surface area contributed by atoms with Gasteiger partial charge in [0.25, 0.3) is 0 Å². The Balaban J connectivity index is 2.15. The van der Waals surface area contributed by atoms with E-state index in [-0.39, 0.29) is 6.61 Å². The second-order valence-electron chi connectivity index (χ2n) is 4.35. The Labute approximate surface area is 93.2 Å². The number of rotatable bonds is 9. The predicted octanol–water partition coefficient (Wildman–Crippen LogP) is 0.999. The van der Waals surface area contributed by atoms with Gasteiger partial charge in [0.2, 0.25) is 0 Å². The van der Waals surface area contributed by atoms with E-state index < -0.39 is 0 Å². The average molecular weight is 212 g/mol. The summed E-state index contributed by atoms with van der Waals surface area (Å²) in [7, 11) is 0. The standard InChI is InChI=1S/C12H24N2O/c1-3-6-13-9-11(2)10-14(7-8-15)12-4-5-12/h12-13,15H,2-10H2,1H3. The van der Waals surface area contributed by atoms with E-state index in [0.717, 1.165) is 32.6 Å². The van der Waals surface area contributed by atoms with Crippen molar-refractivity contribution in [1.82, 2.24) is 10.2 Å². The molecule has 0 bridgehead atoms. The van der Waals surface area contributed by atoms with Crippen molar-refractivity contribution in [3.05, 3.63) is 12.2 Å². The van der Waals surface area contributed by atoms with Gasteiger partial charge in [-0.25, -0.2) is 0 Å². The third-order valence-corrected chi connectivity index (χ3v) is 2.68. The predicted molar refractivity (Wildman–Crippen MR) is 64.0 cm³/mol. The summed E-state index contributed by atoms with van der Waals surface area (Å²) >= 11 is 0. The van der Waals surface area contributed by atoms with Crippen molar-refractivity contribution < 1.29 is 5.11 Å². The largest absolute Gasteiger partial charge is 0.395 e. The molecule has 0 aromatic carbocycles. The molecule has 0 amide bonds. The van der Waals surface area contributed by atoms with Crippen LogP contribution in [0, 0.1) is 0 Å². The monoisotopic (exact) mass is 212 g/mol. The molecule has 0 unspecified atom stereocenters. The molecule has 0 saturated heterocycles. The van der Waals surface area contributed by atoms with Crippen LogP contribution in [-0.4, -0.2) is 48.8 Å². The van der Waals surface area contributed by atoms with E-state index in [1.54, 1.807) is 0 Å². The molecule has 1 aliphatic rings. The lowest BCUT2D eigenvalue weighted by Crippen LogP contribution is -2.33. The minimum absolute atomic E-state index is 0.256. The van der Waals surface area contributed by atoms with Crippen LogP contribution < -0.4 is 5.32 Å². The van der Waals surface area contributed by atoms with Gasteiger partial charge in [0.05, 0.1) is 6.61 Å². The summed E-state index contributed by atoms with van der Waals surface area (Å²) in [5.41, 5.74) is 1.23. The molecule has 1 saturated carbocycles. The number of aliphatic hydroxyl groups is 1. The zero-order chi connectivity index (χ0) is 11.1. The third kappa shape index (κ3) is 5.30. The van der Waals surface area contributed by atoms with Crippen LogP contribution in [0.5, 0.6) is 0 Å². The highest BCUT2D eigenvalue weighted by Gasteiger charge is 2.28. The van der Waals surface area contributed by atoms with Gasteiger partial charge in [-0.1, -0.05) is 13.5 Å². The highest BCUT2D eigenvalue weighted by Crippen LogP contribution is 2.26. The van der Waals surface area contributed by atoms with Crippen molar-refractivity contribution >= 4 is 0 Å². The SMILES string of the molecule is C=C(CNCCC)CN(CCO)C1CC1. The van der Waals surface area contributed by atoms with E-state index in [1.165, 1.54) is 18.4 Å². The van der Waals surface area contributed by atoms with E-state index >= 15 is 0 Å². The number of nitrogens with one attached hydrogen (secondary N) is 1. The van der Waals surface area contributed by atoms with Crippen LogP contribution in [0.1, 0.15) is 26.2 Å². The number of hydrogen-bond donors (Lipinski definition) is 2. The summed E-state index contributed by atoms with van der Waals surface area (Å²) in [6, 6.07) is 0.708. The van der Waals surface area contributed by atoms with Crippen LogP contribution in [0.3, 0.4) is 0 Å². The average Bonchev–Trinajstić information content (AvgIpc) is 3.01. The van der Waals surface area contributed by atoms with Crippen molar-refractivity contribution in [2.45, 2.75) is 32.2 Å². The fraction of sp³-hybridized carbons (Fsp3) is 0.833. The Kier molecular flexibility index (Phi) is 5.91. The smallest absolute Gasteiger partial charge is 0.0558 e. The lowest BCUT2D eigenvalue weighted by Gasteiger charge is -2.22. The van der Waals surface area contributed by atoms with E-state index in [0.29, 0.717) is 6.04 Å². The van der Waals surface area contributed by atoms with Gasteiger partial charge in [0, 0.05) is 25.7 Å². The van der Waals surface area contributed by atoms with Crippen molar-refractivity contribution in [3.63, 3.8) is 0 Å². The van der Waals surface area contributed by atoms with Crippen LogP contribution in [0.2, 0.25) is 0 Å². The molecule has 0 aliphatic heterocycles. The van der Waals surface area contributed by atoms with Gasteiger partial charge >= 0.3 is 0 Å². The minimum atomic E-state index is 0.256. The molecule has 3 nitrogen and oxygen atoms in total. The minimum Gasteiger partial charge on any atom is -0.395 e. The molecule has 0 atom stereocenters. The maximum absolute atomic E-state index is 8.95. The number of hydrogen-bond acceptors (Lipinski definition) is 3. The molecular formula is C12H24N2O. The maximum Gasteiger partial charge on any atom is 0.0558 e. The quantitative estimate of drug-likeness (QED) is 0.442. The summed E-state index contributed by atoms with van der Waals surface area (Å²) in [6.07, 6.45) is 3.74. The molecule has 88 valence electrons. The van der Waals surface area contributed by atoms with E-state index in [9.17, 15) is 0 Å². The van der Waals surface area contributed by atoms with E-state index in [4.69, 9.17) is 5.11 Å². The van der Waals surface area contributed by atoms with E-state index in [2.05, 4.69) is 23.7 Å².